The third kappa shape index (κ3) is 4.81. The molecule has 9 heteroatoms. The number of amides is 1. The molecular formula is C25H20N6O3. The van der Waals surface area contributed by atoms with E-state index < -0.39 is 0 Å². The van der Waals surface area contributed by atoms with Gasteiger partial charge in [0.25, 0.3) is 11.8 Å². The summed E-state index contributed by atoms with van der Waals surface area (Å²) in [7, 11) is 3.03. The first-order chi connectivity index (χ1) is 16.6. The molecule has 0 fully saturated rings. The van der Waals surface area contributed by atoms with Crippen LogP contribution in [0.25, 0.3) is 22.5 Å². The van der Waals surface area contributed by atoms with Gasteiger partial charge in [0.05, 0.1) is 43.3 Å². The summed E-state index contributed by atoms with van der Waals surface area (Å²) in [5, 5.41) is 12.1. The molecule has 4 rings (SSSR count). The Balaban J connectivity index is 1.67. The zero-order valence-corrected chi connectivity index (χ0v) is 18.5. The molecule has 1 amide bonds. The average Bonchev–Trinajstić information content (AvgIpc) is 2.91. The van der Waals surface area contributed by atoms with Crippen molar-refractivity contribution in [2.45, 2.75) is 6.54 Å². The molecule has 0 aliphatic carbocycles. The first-order valence-electron chi connectivity index (χ1n) is 10.3. The van der Waals surface area contributed by atoms with E-state index in [4.69, 9.17) is 9.47 Å². The van der Waals surface area contributed by atoms with Crippen molar-refractivity contribution >= 4 is 5.91 Å². The third-order valence-corrected chi connectivity index (χ3v) is 4.97. The van der Waals surface area contributed by atoms with E-state index in [-0.39, 0.29) is 12.5 Å². The number of rotatable bonds is 7. The normalized spacial score (nSPS) is 10.3. The van der Waals surface area contributed by atoms with Crippen molar-refractivity contribution in [2.75, 3.05) is 14.2 Å². The lowest BCUT2D eigenvalue weighted by molar-refractivity contribution is 0.0950. The summed E-state index contributed by atoms with van der Waals surface area (Å²) in [5.41, 5.74) is 3.67. The first-order valence-corrected chi connectivity index (χ1v) is 10.3. The lowest BCUT2D eigenvalue weighted by Crippen LogP contribution is -2.24. The molecule has 0 aliphatic heterocycles. The molecule has 0 unspecified atom stereocenters. The number of ether oxygens (including phenoxy) is 2. The van der Waals surface area contributed by atoms with E-state index in [1.165, 1.54) is 20.4 Å². The molecule has 4 heterocycles. The van der Waals surface area contributed by atoms with Gasteiger partial charge in [-0.25, -0.2) is 4.98 Å². The highest BCUT2D eigenvalue weighted by Crippen LogP contribution is 2.27. The van der Waals surface area contributed by atoms with Crippen LogP contribution < -0.4 is 14.8 Å². The maximum atomic E-state index is 13.3. The number of aromatic nitrogens is 4. The second-order valence-electron chi connectivity index (χ2n) is 7.11. The molecule has 0 bridgehead atoms. The predicted molar refractivity (Wildman–Crippen MR) is 124 cm³/mol. The van der Waals surface area contributed by atoms with Crippen molar-refractivity contribution in [3.63, 3.8) is 0 Å². The Bertz CT molecular complexity index is 1370. The van der Waals surface area contributed by atoms with Crippen LogP contribution in [0.4, 0.5) is 0 Å². The molecule has 0 aromatic carbocycles. The number of hydrogen-bond acceptors (Lipinski definition) is 8. The van der Waals surface area contributed by atoms with Crippen LogP contribution in [-0.4, -0.2) is 40.1 Å². The number of nitrogens with one attached hydrogen (secondary N) is 1. The summed E-state index contributed by atoms with van der Waals surface area (Å²) in [6.07, 6.45) is 6.37. The summed E-state index contributed by atoms with van der Waals surface area (Å²) < 4.78 is 10.4. The summed E-state index contributed by atoms with van der Waals surface area (Å²) in [6, 6.07) is 14.4. The second-order valence-corrected chi connectivity index (χ2v) is 7.11. The van der Waals surface area contributed by atoms with E-state index in [9.17, 15) is 10.1 Å². The molecule has 4 aromatic rings. The van der Waals surface area contributed by atoms with Crippen molar-refractivity contribution in [1.82, 2.24) is 25.3 Å². The van der Waals surface area contributed by atoms with Crippen molar-refractivity contribution in [2.24, 2.45) is 0 Å². The smallest absolute Gasteiger partial charge is 0.257 e. The topological polar surface area (TPSA) is 123 Å². The Morgan fingerprint density at radius 1 is 1.03 bits per heavy atom. The largest absolute Gasteiger partial charge is 0.491 e. The molecule has 168 valence electrons. The van der Waals surface area contributed by atoms with Gasteiger partial charge in [0.1, 0.15) is 11.8 Å². The second kappa shape index (κ2) is 10.2. The number of hydrogen-bond donors (Lipinski definition) is 1. The minimum atomic E-state index is -0.351. The van der Waals surface area contributed by atoms with Crippen molar-refractivity contribution < 1.29 is 14.3 Å². The van der Waals surface area contributed by atoms with E-state index in [0.717, 1.165) is 0 Å². The molecule has 1 N–H and O–H groups in total. The van der Waals surface area contributed by atoms with Crippen LogP contribution in [0.2, 0.25) is 0 Å². The highest BCUT2D eigenvalue weighted by Gasteiger charge is 2.18. The summed E-state index contributed by atoms with van der Waals surface area (Å²) in [6.45, 7) is 0.163. The van der Waals surface area contributed by atoms with E-state index in [2.05, 4.69) is 31.3 Å². The van der Waals surface area contributed by atoms with Crippen LogP contribution in [0.3, 0.4) is 0 Å². The van der Waals surface area contributed by atoms with Gasteiger partial charge in [-0.3, -0.25) is 19.7 Å². The minimum Gasteiger partial charge on any atom is -0.491 e. The zero-order valence-electron chi connectivity index (χ0n) is 18.5. The summed E-state index contributed by atoms with van der Waals surface area (Å²) in [4.78, 5) is 30.6. The molecule has 4 aromatic heterocycles. The lowest BCUT2D eigenvalue weighted by Gasteiger charge is -2.12. The van der Waals surface area contributed by atoms with Gasteiger partial charge in [-0.15, -0.1) is 0 Å². The Kier molecular flexibility index (Phi) is 6.70. The molecule has 0 aliphatic rings. The molecular weight excluding hydrogens is 432 g/mol. The highest BCUT2D eigenvalue weighted by molar-refractivity contribution is 6.00. The van der Waals surface area contributed by atoms with Crippen LogP contribution in [0, 0.1) is 11.3 Å². The molecule has 0 saturated heterocycles. The molecule has 9 nitrogen and oxygen atoms in total. The molecule has 0 spiro atoms. The van der Waals surface area contributed by atoms with Gasteiger partial charge in [0.2, 0.25) is 0 Å². The Labute approximate surface area is 196 Å². The van der Waals surface area contributed by atoms with E-state index in [1.807, 2.05) is 6.07 Å². The average molecular weight is 452 g/mol. The minimum absolute atomic E-state index is 0.163. The Hall–Kier alpha value is -4.84. The number of carbonyl (C=O) groups excluding carboxylic acids is 1. The molecule has 0 atom stereocenters. The lowest BCUT2D eigenvalue weighted by atomic mass is 10.0. The van der Waals surface area contributed by atoms with Gasteiger partial charge in [-0.2, -0.15) is 5.26 Å². The van der Waals surface area contributed by atoms with Crippen LogP contribution in [0.1, 0.15) is 21.6 Å². The van der Waals surface area contributed by atoms with E-state index in [1.54, 1.807) is 55.0 Å². The standard InChI is InChI=1S/C25H20N6O3/c1-33-22-7-6-19(31-25(22)34-2)15-30-24(32)20-10-18(17-9-16(11-26)12-27-13-17)14-29-23(20)21-5-3-4-8-28-21/h3-10,12-14H,15H2,1-2H3,(H,30,32). The number of pyridine rings is 4. The van der Waals surface area contributed by atoms with Gasteiger partial charge in [0.15, 0.2) is 5.75 Å². The maximum absolute atomic E-state index is 13.3. The number of carbonyl (C=O) groups is 1. The predicted octanol–water partition coefficient (Wildman–Crippen LogP) is 3.42. The number of methoxy groups -OCH3 is 2. The quantitative estimate of drug-likeness (QED) is 0.452. The van der Waals surface area contributed by atoms with Gasteiger partial charge in [0, 0.05) is 35.9 Å². The van der Waals surface area contributed by atoms with Gasteiger partial charge in [-0.05, 0) is 36.4 Å². The van der Waals surface area contributed by atoms with E-state index >= 15 is 0 Å². The fourth-order valence-electron chi connectivity index (χ4n) is 3.29. The number of nitrogens with zero attached hydrogens (tertiary/aromatic N) is 5. The van der Waals surface area contributed by atoms with Gasteiger partial charge < -0.3 is 14.8 Å². The Morgan fingerprint density at radius 3 is 2.62 bits per heavy atom. The van der Waals surface area contributed by atoms with Crippen molar-refractivity contribution in [1.29, 1.82) is 5.26 Å². The van der Waals surface area contributed by atoms with Gasteiger partial charge in [-0.1, -0.05) is 6.07 Å². The SMILES string of the molecule is COc1ccc(CNC(=O)c2cc(-c3cncc(C#N)c3)cnc2-c2ccccn2)nc1OC. The van der Waals surface area contributed by atoms with Crippen molar-refractivity contribution in [3.05, 3.63) is 84.1 Å². The fraction of sp³-hybridized carbons (Fsp3) is 0.120. The van der Waals surface area contributed by atoms with Crippen molar-refractivity contribution in [3.8, 4) is 40.2 Å². The van der Waals surface area contributed by atoms with Gasteiger partial charge >= 0.3 is 0 Å². The van der Waals surface area contributed by atoms with E-state index in [0.29, 0.717) is 51.0 Å². The van der Waals surface area contributed by atoms with Crippen LogP contribution >= 0.6 is 0 Å². The molecule has 0 radical (unpaired) electrons. The molecule has 34 heavy (non-hydrogen) atoms. The summed E-state index contributed by atoms with van der Waals surface area (Å²) >= 11 is 0. The summed E-state index contributed by atoms with van der Waals surface area (Å²) in [5.74, 6) is 0.480. The Morgan fingerprint density at radius 2 is 1.88 bits per heavy atom. The zero-order chi connectivity index (χ0) is 23.9. The first kappa shape index (κ1) is 22.4. The van der Waals surface area contributed by atoms with Crippen LogP contribution in [-0.2, 0) is 6.54 Å². The highest BCUT2D eigenvalue weighted by atomic mass is 16.5. The molecule has 0 saturated carbocycles. The fourth-order valence-corrected chi connectivity index (χ4v) is 3.29. The monoisotopic (exact) mass is 452 g/mol. The number of nitriles is 1. The van der Waals surface area contributed by atoms with Crippen LogP contribution in [0.15, 0.2) is 67.3 Å². The third-order valence-electron chi connectivity index (χ3n) is 4.97. The maximum Gasteiger partial charge on any atom is 0.257 e. The van der Waals surface area contributed by atoms with Crippen LogP contribution in [0.5, 0.6) is 11.6 Å².